The first-order valence-corrected chi connectivity index (χ1v) is 10.6. The summed E-state index contributed by atoms with van der Waals surface area (Å²) < 4.78 is 24.4. The van der Waals surface area contributed by atoms with Crippen molar-refractivity contribution in [3.63, 3.8) is 0 Å². The van der Waals surface area contributed by atoms with Gasteiger partial charge in [-0.3, -0.25) is 4.79 Å². The SMILES string of the molecule is C[C@@H]1CCc2[nH]c3c(C(=O)NCCCNS(C)(=O)=O)cccc3c2C1. The molecule has 6 nitrogen and oxygen atoms in total. The van der Waals surface area contributed by atoms with Crippen molar-refractivity contribution in [2.75, 3.05) is 19.3 Å². The number of sulfonamides is 1. The van der Waals surface area contributed by atoms with Crippen molar-refractivity contribution >= 4 is 26.8 Å². The Labute approximate surface area is 148 Å². The Balaban J connectivity index is 1.70. The van der Waals surface area contributed by atoms with Crippen molar-refractivity contribution in [2.24, 2.45) is 5.92 Å². The summed E-state index contributed by atoms with van der Waals surface area (Å²) >= 11 is 0. The molecule has 136 valence electrons. The van der Waals surface area contributed by atoms with Gasteiger partial charge in [0.2, 0.25) is 10.0 Å². The summed E-state index contributed by atoms with van der Waals surface area (Å²) in [5, 5.41) is 4.02. The topological polar surface area (TPSA) is 91.1 Å². The predicted octanol–water partition coefficient (Wildman–Crippen LogP) is 1.96. The van der Waals surface area contributed by atoms with Crippen LogP contribution in [0.15, 0.2) is 18.2 Å². The van der Waals surface area contributed by atoms with Crippen LogP contribution in [0.1, 0.15) is 41.4 Å². The normalized spacial score (nSPS) is 17.4. The van der Waals surface area contributed by atoms with Gasteiger partial charge >= 0.3 is 0 Å². The number of aromatic nitrogens is 1. The monoisotopic (exact) mass is 363 g/mol. The highest BCUT2D eigenvalue weighted by Crippen LogP contribution is 2.32. The predicted molar refractivity (Wildman–Crippen MR) is 99.3 cm³/mol. The van der Waals surface area contributed by atoms with E-state index in [1.165, 1.54) is 17.7 Å². The summed E-state index contributed by atoms with van der Waals surface area (Å²) in [6.07, 6.45) is 4.93. The number of hydrogen-bond donors (Lipinski definition) is 3. The second-order valence-electron chi connectivity index (χ2n) is 6.93. The number of hydrogen-bond acceptors (Lipinski definition) is 3. The van der Waals surface area contributed by atoms with E-state index >= 15 is 0 Å². The lowest BCUT2D eigenvalue weighted by molar-refractivity contribution is 0.0955. The minimum atomic E-state index is -3.18. The molecule has 1 aromatic carbocycles. The number of amides is 1. The van der Waals surface area contributed by atoms with Crippen molar-refractivity contribution in [3.05, 3.63) is 35.0 Å². The van der Waals surface area contributed by atoms with Gasteiger partial charge in [-0.05, 0) is 43.2 Å². The molecule has 7 heteroatoms. The van der Waals surface area contributed by atoms with Gasteiger partial charge in [-0.25, -0.2) is 13.1 Å². The summed E-state index contributed by atoms with van der Waals surface area (Å²) in [6.45, 7) is 3.01. The molecule has 0 unspecified atom stereocenters. The van der Waals surface area contributed by atoms with Crippen LogP contribution in [0.25, 0.3) is 10.9 Å². The highest BCUT2D eigenvalue weighted by molar-refractivity contribution is 7.88. The smallest absolute Gasteiger partial charge is 0.253 e. The zero-order chi connectivity index (χ0) is 18.0. The second kappa shape index (κ2) is 7.17. The number of aryl methyl sites for hydroxylation is 1. The third-order valence-corrected chi connectivity index (χ3v) is 5.45. The highest BCUT2D eigenvalue weighted by atomic mass is 32.2. The number of benzene rings is 1. The molecule has 1 aromatic heterocycles. The summed E-state index contributed by atoms with van der Waals surface area (Å²) in [6, 6.07) is 5.84. The van der Waals surface area contributed by atoms with Crippen LogP contribution in [0.3, 0.4) is 0 Å². The molecule has 1 amide bonds. The van der Waals surface area contributed by atoms with E-state index in [1.54, 1.807) is 0 Å². The van der Waals surface area contributed by atoms with E-state index in [2.05, 4.69) is 28.0 Å². The van der Waals surface area contributed by atoms with Crippen LogP contribution in [0, 0.1) is 5.92 Å². The average molecular weight is 363 g/mol. The Morgan fingerprint density at radius 1 is 1.32 bits per heavy atom. The number of para-hydroxylation sites is 1. The molecule has 1 aliphatic carbocycles. The standard InChI is InChI=1S/C18H25N3O3S/c1-12-7-8-16-15(11-12)13-5-3-6-14(17(13)21-16)18(22)19-9-4-10-20-25(2,23)24/h3,5-6,12,20-21H,4,7-11H2,1-2H3,(H,19,22)/t12-/m1/s1. The highest BCUT2D eigenvalue weighted by Gasteiger charge is 2.22. The molecule has 3 N–H and O–H groups in total. The lowest BCUT2D eigenvalue weighted by Crippen LogP contribution is -2.29. The molecule has 0 spiro atoms. The molecule has 2 aromatic rings. The Morgan fingerprint density at radius 2 is 2.12 bits per heavy atom. The van der Waals surface area contributed by atoms with Gasteiger partial charge in [-0.1, -0.05) is 19.1 Å². The van der Waals surface area contributed by atoms with Gasteiger partial charge in [0.25, 0.3) is 5.91 Å². The van der Waals surface area contributed by atoms with Crippen molar-refractivity contribution in [1.29, 1.82) is 0 Å². The van der Waals surface area contributed by atoms with Crippen LogP contribution >= 0.6 is 0 Å². The Bertz CT molecular complexity index is 886. The summed E-state index contributed by atoms with van der Waals surface area (Å²) in [5.74, 6) is 0.544. The van der Waals surface area contributed by atoms with Gasteiger partial charge in [0.05, 0.1) is 17.3 Å². The van der Waals surface area contributed by atoms with E-state index in [9.17, 15) is 13.2 Å². The first-order chi connectivity index (χ1) is 11.8. The van der Waals surface area contributed by atoms with Crippen LogP contribution in [0.2, 0.25) is 0 Å². The maximum absolute atomic E-state index is 12.5. The largest absolute Gasteiger partial charge is 0.358 e. The zero-order valence-corrected chi connectivity index (χ0v) is 15.5. The number of carbonyl (C=O) groups excluding carboxylic acids is 1. The quantitative estimate of drug-likeness (QED) is 0.685. The Hall–Kier alpha value is -1.86. The lowest BCUT2D eigenvalue weighted by atomic mass is 9.87. The lowest BCUT2D eigenvalue weighted by Gasteiger charge is -2.17. The van der Waals surface area contributed by atoms with Crippen LogP contribution in [0.4, 0.5) is 0 Å². The van der Waals surface area contributed by atoms with E-state index in [0.717, 1.165) is 30.0 Å². The fraction of sp³-hybridized carbons (Fsp3) is 0.500. The molecule has 1 atom stereocenters. The fourth-order valence-electron chi connectivity index (χ4n) is 3.45. The second-order valence-corrected chi connectivity index (χ2v) is 8.77. The van der Waals surface area contributed by atoms with E-state index < -0.39 is 10.0 Å². The van der Waals surface area contributed by atoms with Gasteiger partial charge in [0.15, 0.2) is 0 Å². The van der Waals surface area contributed by atoms with E-state index in [-0.39, 0.29) is 5.91 Å². The molecule has 1 heterocycles. The van der Waals surface area contributed by atoms with Crippen LogP contribution < -0.4 is 10.0 Å². The number of aromatic amines is 1. The maximum Gasteiger partial charge on any atom is 0.253 e. The minimum Gasteiger partial charge on any atom is -0.358 e. The zero-order valence-electron chi connectivity index (χ0n) is 14.7. The number of rotatable bonds is 6. The first-order valence-electron chi connectivity index (χ1n) is 8.70. The summed E-state index contributed by atoms with van der Waals surface area (Å²) in [4.78, 5) is 16.0. The van der Waals surface area contributed by atoms with E-state index in [1.807, 2.05) is 12.1 Å². The molecule has 0 fully saturated rings. The molecule has 3 rings (SSSR count). The van der Waals surface area contributed by atoms with E-state index in [4.69, 9.17) is 0 Å². The van der Waals surface area contributed by atoms with Gasteiger partial charge in [0.1, 0.15) is 0 Å². The van der Waals surface area contributed by atoms with Crippen molar-refractivity contribution in [2.45, 2.75) is 32.6 Å². The number of fused-ring (bicyclic) bond motifs is 3. The maximum atomic E-state index is 12.5. The Kier molecular flexibility index (Phi) is 5.15. The molecular formula is C18H25N3O3S. The van der Waals surface area contributed by atoms with Gasteiger partial charge in [-0.2, -0.15) is 0 Å². The molecule has 0 bridgehead atoms. The molecule has 0 saturated carbocycles. The average Bonchev–Trinajstić information content (AvgIpc) is 2.91. The first kappa shape index (κ1) is 17.9. The molecule has 0 aliphatic heterocycles. The summed E-state index contributed by atoms with van der Waals surface area (Å²) in [5.41, 5.74) is 4.16. The third-order valence-electron chi connectivity index (χ3n) is 4.72. The number of carbonyl (C=O) groups is 1. The van der Waals surface area contributed by atoms with Crippen LogP contribution in [0.5, 0.6) is 0 Å². The minimum absolute atomic E-state index is 0.128. The molecule has 0 saturated heterocycles. The molecular weight excluding hydrogens is 338 g/mol. The van der Waals surface area contributed by atoms with Crippen molar-refractivity contribution < 1.29 is 13.2 Å². The van der Waals surface area contributed by atoms with Crippen LogP contribution in [-0.2, 0) is 22.9 Å². The van der Waals surface area contributed by atoms with Crippen molar-refractivity contribution in [3.8, 4) is 0 Å². The van der Waals surface area contributed by atoms with E-state index in [0.29, 0.717) is 31.0 Å². The van der Waals surface area contributed by atoms with Crippen molar-refractivity contribution in [1.82, 2.24) is 15.0 Å². The van der Waals surface area contributed by atoms with Crippen LogP contribution in [-0.4, -0.2) is 38.7 Å². The molecule has 0 radical (unpaired) electrons. The van der Waals surface area contributed by atoms with Gasteiger partial charge in [0, 0.05) is 24.2 Å². The number of nitrogens with one attached hydrogen (secondary N) is 3. The summed E-state index contributed by atoms with van der Waals surface area (Å²) in [7, 11) is -3.18. The molecule has 1 aliphatic rings. The number of H-pyrrole nitrogens is 1. The van der Waals surface area contributed by atoms with Gasteiger partial charge < -0.3 is 10.3 Å². The van der Waals surface area contributed by atoms with Gasteiger partial charge in [-0.15, -0.1) is 0 Å². The third kappa shape index (κ3) is 4.22. The fourth-order valence-corrected chi connectivity index (χ4v) is 3.96. The Morgan fingerprint density at radius 3 is 2.88 bits per heavy atom. The molecule has 25 heavy (non-hydrogen) atoms.